The van der Waals surface area contributed by atoms with Crippen molar-refractivity contribution in [3.05, 3.63) is 23.8 Å². The highest BCUT2D eigenvalue weighted by Gasteiger charge is 2.29. The Labute approximate surface area is 92.5 Å². The van der Waals surface area contributed by atoms with Crippen LogP contribution in [0.25, 0.3) is 11.0 Å². The maximum atomic E-state index is 12.2. The van der Waals surface area contributed by atoms with Gasteiger partial charge in [-0.15, -0.1) is 5.10 Å². The van der Waals surface area contributed by atoms with Gasteiger partial charge in [0.05, 0.1) is 11.1 Å². The molecular formula is C9H6F3N3O2. The van der Waals surface area contributed by atoms with Crippen molar-refractivity contribution in [2.45, 2.75) is 12.7 Å². The van der Waals surface area contributed by atoms with Crippen molar-refractivity contribution in [2.24, 2.45) is 0 Å². The lowest BCUT2D eigenvalue weighted by Gasteiger charge is -2.06. The number of fused-ring (bicyclic) bond motifs is 1. The van der Waals surface area contributed by atoms with Gasteiger partial charge in [-0.1, -0.05) is 5.21 Å². The monoisotopic (exact) mass is 245 g/mol. The summed E-state index contributed by atoms with van der Waals surface area (Å²) in [4.78, 5) is 10.7. The number of aromatic nitrogens is 3. The second-order valence-corrected chi connectivity index (χ2v) is 3.37. The van der Waals surface area contributed by atoms with E-state index in [1.165, 1.54) is 12.1 Å². The Balaban J connectivity index is 2.50. The number of halogens is 3. The molecule has 90 valence electrons. The molecule has 17 heavy (non-hydrogen) atoms. The van der Waals surface area contributed by atoms with Crippen LogP contribution in [0.1, 0.15) is 10.4 Å². The van der Waals surface area contributed by atoms with E-state index in [1.807, 2.05) is 0 Å². The predicted octanol–water partition coefficient (Wildman–Crippen LogP) is 1.69. The van der Waals surface area contributed by atoms with Crippen molar-refractivity contribution in [1.82, 2.24) is 15.0 Å². The summed E-state index contributed by atoms with van der Waals surface area (Å²) in [6.07, 6.45) is -4.43. The minimum atomic E-state index is -4.43. The zero-order chi connectivity index (χ0) is 12.6. The Morgan fingerprint density at radius 2 is 2.12 bits per heavy atom. The first-order valence-corrected chi connectivity index (χ1v) is 4.50. The molecule has 0 radical (unpaired) electrons. The second kappa shape index (κ2) is 3.72. The minimum Gasteiger partial charge on any atom is -0.478 e. The lowest BCUT2D eigenvalue weighted by Crippen LogP contribution is -2.18. The number of carbonyl (C=O) groups is 1. The summed E-state index contributed by atoms with van der Waals surface area (Å²) in [5, 5.41) is 15.6. The number of carboxylic acid groups (broad SMARTS) is 1. The van der Waals surface area contributed by atoms with Crippen LogP contribution >= 0.6 is 0 Å². The highest BCUT2D eigenvalue weighted by molar-refractivity contribution is 5.92. The third kappa shape index (κ3) is 2.35. The second-order valence-electron chi connectivity index (χ2n) is 3.37. The summed E-state index contributed by atoms with van der Waals surface area (Å²) in [5.74, 6) is -1.22. The van der Waals surface area contributed by atoms with E-state index in [9.17, 15) is 18.0 Å². The Morgan fingerprint density at radius 3 is 2.71 bits per heavy atom. The van der Waals surface area contributed by atoms with Crippen LogP contribution < -0.4 is 0 Å². The topological polar surface area (TPSA) is 68.0 Å². The van der Waals surface area contributed by atoms with Crippen molar-refractivity contribution in [3.63, 3.8) is 0 Å². The minimum absolute atomic E-state index is 0.0437. The highest BCUT2D eigenvalue weighted by atomic mass is 19.4. The van der Waals surface area contributed by atoms with Gasteiger partial charge in [0, 0.05) is 0 Å². The summed E-state index contributed by atoms with van der Waals surface area (Å²) in [6, 6.07) is 3.69. The molecule has 8 heteroatoms. The quantitative estimate of drug-likeness (QED) is 0.874. The molecule has 1 heterocycles. The molecule has 0 aliphatic rings. The van der Waals surface area contributed by atoms with Gasteiger partial charge in [-0.3, -0.25) is 0 Å². The Hall–Kier alpha value is -2.12. The molecule has 1 N–H and O–H groups in total. The molecule has 1 aromatic heterocycles. The van der Waals surface area contributed by atoms with E-state index < -0.39 is 18.7 Å². The Bertz CT molecular complexity index is 576. The summed E-state index contributed by atoms with van der Waals surface area (Å²) < 4.78 is 37.2. The van der Waals surface area contributed by atoms with Crippen LogP contribution in [0.4, 0.5) is 13.2 Å². The van der Waals surface area contributed by atoms with E-state index in [0.29, 0.717) is 4.68 Å². The zero-order valence-corrected chi connectivity index (χ0v) is 8.27. The Kier molecular flexibility index (Phi) is 2.49. The number of rotatable bonds is 2. The lowest BCUT2D eigenvalue weighted by atomic mass is 10.2. The van der Waals surface area contributed by atoms with Crippen LogP contribution in [0.15, 0.2) is 18.2 Å². The van der Waals surface area contributed by atoms with Crippen LogP contribution in [0.3, 0.4) is 0 Å². The van der Waals surface area contributed by atoms with E-state index in [-0.39, 0.29) is 16.6 Å². The molecule has 0 aliphatic heterocycles. The van der Waals surface area contributed by atoms with Crippen LogP contribution in [-0.4, -0.2) is 32.2 Å². The SMILES string of the molecule is O=C(O)c1ccc2nnn(CC(F)(F)F)c2c1. The molecule has 1 aromatic carbocycles. The van der Waals surface area contributed by atoms with Gasteiger partial charge in [-0.05, 0) is 18.2 Å². The maximum absolute atomic E-state index is 12.2. The van der Waals surface area contributed by atoms with Gasteiger partial charge in [-0.2, -0.15) is 13.2 Å². The standard InChI is InChI=1S/C9H6F3N3O2/c10-9(11,12)4-15-7-3-5(8(16)17)1-2-6(7)13-14-15/h1-3H,4H2,(H,16,17). The van der Waals surface area contributed by atoms with E-state index in [2.05, 4.69) is 10.3 Å². The molecule has 0 unspecified atom stereocenters. The summed E-state index contributed by atoms with van der Waals surface area (Å²) in [7, 11) is 0. The molecule has 2 aromatic rings. The molecule has 5 nitrogen and oxygen atoms in total. The smallest absolute Gasteiger partial charge is 0.408 e. The summed E-state index contributed by atoms with van der Waals surface area (Å²) in [6.45, 7) is -1.30. The van der Waals surface area contributed by atoms with Gasteiger partial charge in [0.25, 0.3) is 0 Å². The normalized spacial score (nSPS) is 11.9. The number of carboxylic acids is 1. The number of aromatic carboxylic acids is 1. The van der Waals surface area contributed by atoms with Gasteiger partial charge in [0.15, 0.2) is 0 Å². The first-order chi connectivity index (χ1) is 7.87. The fourth-order valence-electron chi connectivity index (χ4n) is 1.38. The van der Waals surface area contributed by atoms with Crippen LogP contribution in [0.2, 0.25) is 0 Å². The average molecular weight is 245 g/mol. The molecular weight excluding hydrogens is 239 g/mol. The molecule has 0 aliphatic carbocycles. The molecule has 0 amide bonds. The van der Waals surface area contributed by atoms with Crippen molar-refractivity contribution >= 4 is 17.0 Å². The third-order valence-corrected chi connectivity index (χ3v) is 2.09. The van der Waals surface area contributed by atoms with Gasteiger partial charge >= 0.3 is 12.1 Å². The van der Waals surface area contributed by atoms with Gasteiger partial charge < -0.3 is 5.11 Å². The number of benzene rings is 1. The van der Waals surface area contributed by atoms with E-state index in [4.69, 9.17) is 5.11 Å². The molecule has 2 rings (SSSR count). The Morgan fingerprint density at radius 1 is 1.41 bits per heavy atom. The van der Waals surface area contributed by atoms with Gasteiger partial charge in [0.1, 0.15) is 12.1 Å². The van der Waals surface area contributed by atoms with Gasteiger partial charge in [0.2, 0.25) is 0 Å². The molecule has 0 atom stereocenters. The highest BCUT2D eigenvalue weighted by Crippen LogP contribution is 2.20. The van der Waals surface area contributed by atoms with Crippen LogP contribution in [0, 0.1) is 0 Å². The largest absolute Gasteiger partial charge is 0.478 e. The average Bonchev–Trinajstić information content (AvgIpc) is 2.58. The lowest BCUT2D eigenvalue weighted by molar-refractivity contribution is -0.142. The summed E-state index contributed by atoms with van der Waals surface area (Å²) >= 11 is 0. The first-order valence-electron chi connectivity index (χ1n) is 4.50. The van der Waals surface area contributed by atoms with Crippen LogP contribution in [-0.2, 0) is 6.54 Å². The third-order valence-electron chi connectivity index (χ3n) is 2.09. The number of nitrogens with zero attached hydrogens (tertiary/aromatic N) is 3. The molecule has 0 saturated heterocycles. The molecule has 0 fully saturated rings. The fraction of sp³-hybridized carbons (Fsp3) is 0.222. The number of hydrogen-bond donors (Lipinski definition) is 1. The van der Waals surface area contributed by atoms with Crippen molar-refractivity contribution in [3.8, 4) is 0 Å². The number of alkyl halides is 3. The summed E-state index contributed by atoms with van der Waals surface area (Å²) in [5.41, 5.74) is 0.157. The first kappa shape index (κ1) is 11.4. The van der Waals surface area contributed by atoms with Crippen LogP contribution in [0.5, 0.6) is 0 Å². The maximum Gasteiger partial charge on any atom is 0.408 e. The predicted molar refractivity (Wildman–Crippen MR) is 50.5 cm³/mol. The van der Waals surface area contributed by atoms with E-state index >= 15 is 0 Å². The van der Waals surface area contributed by atoms with Crippen molar-refractivity contribution in [1.29, 1.82) is 0 Å². The van der Waals surface area contributed by atoms with E-state index in [0.717, 1.165) is 6.07 Å². The molecule has 0 bridgehead atoms. The number of hydrogen-bond acceptors (Lipinski definition) is 3. The fourth-order valence-corrected chi connectivity index (χ4v) is 1.38. The van der Waals surface area contributed by atoms with E-state index in [1.54, 1.807) is 0 Å². The van der Waals surface area contributed by atoms with Gasteiger partial charge in [-0.25, -0.2) is 9.48 Å². The zero-order valence-electron chi connectivity index (χ0n) is 8.27. The molecule has 0 spiro atoms. The van der Waals surface area contributed by atoms with Crippen molar-refractivity contribution < 1.29 is 23.1 Å². The van der Waals surface area contributed by atoms with Crippen molar-refractivity contribution in [2.75, 3.05) is 0 Å². The molecule has 0 saturated carbocycles.